The summed E-state index contributed by atoms with van der Waals surface area (Å²) in [4.78, 5) is 27.2. The summed E-state index contributed by atoms with van der Waals surface area (Å²) in [6, 6.07) is 4.97. The lowest BCUT2D eigenvalue weighted by molar-refractivity contribution is -0.131. The number of hydrogen-bond donors (Lipinski definition) is 1. The minimum Gasteiger partial charge on any atom is -0.358 e. The van der Waals surface area contributed by atoms with Crippen LogP contribution in [-0.2, 0) is 11.3 Å². The van der Waals surface area contributed by atoms with E-state index < -0.39 is 5.56 Å². The van der Waals surface area contributed by atoms with Gasteiger partial charge in [-0.1, -0.05) is 23.7 Å². The summed E-state index contributed by atoms with van der Waals surface area (Å²) >= 11 is 5.98. The lowest BCUT2D eigenvalue weighted by atomic mass is 10.1. The van der Waals surface area contributed by atoms with E-state index in [9.17, 15) is 14.0 Å². The van der Waals surface area contributed by atoms with Gasteiger partial charge in [-0.15, -0.1) is 0 Å². The number of piperazine rings is 1. The predicted octanol–water partition coefficient (Wildman–Crippen LogP) is 1.72. The molecule has 1 aliphatic rings. The Balaban J connectivity index is 1.72. The predicted molar refractivity (Wildman–Crippen MR) is 88.6 cm³/mol. The molecular weight excluding hydrogens is 335 g/mol. The van der Waals surface area contributed by atoms with Crippen LogP contribution in [0.15, 0.2) is 29.2 Å². The van der Waals surface area contributed by atoms with Gasteiger partial charge in [0.1, 0.15) is 10.8 Å². The van der Waals surface area contributed by atoms with Gasteiger partial charge in [0.25, 0.3) is 5.56 Å². The number of aromatic nitrogens is 2. The lowest BCUT2D eigenvalue weighted by Crippen LogP contribution is -2.50. The number of rotatable bonds is 3. The highest BCUT2D eigenvalue weighted by molar-refractivity contribution is 6.33. The Labute approximate surface area is 142 Å². The zero-order valence-electron chi connectivity index (χ0n) is 13.1. The summed E-state index contributed by atoms with van der Waals surface area (Å²) in [6.07, 6.45) is 1.42. The molecule has 0 radical (unpaired) electrons. The molecule has 0 atom stereocenters. The molecule has 0 saturated carbocycles. The Hall–Kier alpha value is -2.41. The molecule has 24 heavy (non-hydrogen) atoms. The smallest absolute Gasteiger partial charge is 0.285 e. The second-order valence-electron chi connectivity index (χ2n) is 5.73. The normalized spacial score (nSPS) is 15.0. The highest BCUT2D eigenvalue weighted by atomic mass is 35.5. The van der Waals surface area contributed by atoms with Crippen molar-refractivity contribution in [3.8, 4) is 0 Å². The van der Waals surface area contributed by atoms with Crippen molar-refractivity contribution in [2.24, 2.45) is 0 Å². The number of nitrogens with one attached hydrogen (secondary N) is 1. The summed E-state index contributed by atoms with van der Waals surface area (Å²) in [5.74, 6) is -0.468. The van der Waals surface area contributed by atoms with Gasteiger partial charge in [0.05, 0.1) is 18.4 Å². The van der Waals surface area contributed by atoms with Crippen molar-refractivity contribution in [2.75, 3.05) is 24.5 Å². The lowest BCUT2D eigenvalue weighted by Gasteiger charge is -2.35. The number of benzene rings is 1. The molecule has 0 spiro atoms. The number of aryl methyl sites for hydroxylation is 1. The van der Waals surface area contributed by atoms with Crippen LogP contribution in [0.2, 0.25) is 5.02 Å². The highest BCUT2D eigenvalue weighted by Gasteiger charge is 2.26. The fourth-order valence-corrected chi connectivity index (χ4v) is 2.87. The fraction of sp³-hybridized carbons (Fsp3) is 0.312. The van der Waals surface area contributed by atoms with E-state index in [1.165, 1.54) is 12.3 Å². The van der Waals surface area contributed by atoms with E-state index in [0.717, 1.165) is 5.56 Å². The summed E-state index contributed by atoms with van der Waals surface area (Å²) in [7, 11) is 0. The molecule has 2 aromatic rings. The van der Waals surface area contributed by atoms with Gasteiger partial charge >= 0.3 is 0 Å². The van der Waals surface area contributed by atoms with E-state index in [-0.39, 0.29) is 29.8 Å². The van der Waals surface area contributed by atoms with Crippen molar-refractivity contribution < 1.29 is 9.18 Å². The van der Waals surface area contributed by atoms with Crippen molar-refractivity contribution >= 4 is 23.2 Å². The highest BCUT2D eigenvalue weighted by Crippen LogP contribution is 2.23. The molecule has 1 amide bonds. The van der Waals surface area contributed by atoms with Crippen molar-refractivity contribution in [1.29, 1.82) is 0 Å². The maximum absolute atomic E-state index is 14.0. The van der Waals surface area contributed by atoms with Crippen LogP contribution in [0.4, 0.5) is 10.1 Å². The number of H-pyrrole nitrogens is 1. The molecule has 1 aromatic heterocycles. The molecule has 0 aliphatic carbocycles. The topological polar surface area (TPSA) is 69.3 Å². The molecule has 0 unspecified atom stereocenters. The Morgan fingerprint density at radius 3 is 2.83 bits per heavy atom. The number of anilines is 1. The van der Waals surface area contributed by atoms with E-state index >= 15 is 0 Å². The Kier molecular flexibility index (Phi) is 4.53. The van der Waals surface area contributed by atoms with Gasteiger partial charge in [0.15, 0.2) is 0 Å². The quantitative estimate of drug-likeness (QED) is 0.915. The minimum absolute atomic E-state index is 0.0100. The van der Waals surface area contributed by atoms with E-state index in [2.05, 4.69) is 10.2 Å². The number of halogens is 2. The van der Waals surface area contributed by atoms with E-state index in [1.54, 1.807) is 15.9 Å². The third-order valence-electron chi connectivity index (χ3n) is 4.01. The molecule has 8 heteroatoms. The van der Waals surface area contributed by atoms with Crippen LogP contribution in [0.25, 0.3) is 0 Å². The number of aromatic amines is 1. The molecule has 126 valence electrons. The molecule has 6 nitrogen and oxygen atoms in total. The first-order valence-corrected chi connectivity index (χ1v) is 7.84. The summed E-state index contributed by atoms with van der Waals surface area (Å²) in [5, 5.41) is 5.97. The van der Waals surface area contributed by atoms with Gasteiger partial charge in [0.2, 0.25) is 5.91 Å². The number of carbonyl (C=O) groups is 1. The van der Waals surface area contributed by atoms with Gasteiger partial charge in [-0.2, -0.15) is 5.10 Å². The molecule has 0 bridgehead atoms. The molecule has 1 fully saturated rings. The average Bonchev–Trinajstić information content (AvgIpc) is 2.54. The molecule has 1 aliphatic heterocycles. The molecular formula is C16H16ClFN4O2. The average molecular weight is 351 g/mol. The van der Waals surface area contributed by atoms with Crippen LogP contribution < -0.4 is 10.5 Å². The minimum atomic E-state index is -0.495. The van der Waals surface area contributed by atoms with E-state index in [0.29, 0.717) is 24.3 Å². The van der Waals surface area contributed by atoms with Crippen LogP contribution in [0.3, 0.4) is 0 Å². The monoisotopic (exact) mass is 350 g/mol. The second-order valence-corrected chi connectivity index (χ2v) is 6.11. The fourth-order valence-electron chi connectivity index (χ4n) is 2.66. The third kappa shape index (κ3) is 3.26. The molecule has 1 N–H and O–H groups in total. The van der Waals surface area contributed by atoms with Gasteiger partial charge in [-0.25, -0.2) is 9.49 Å². The zero-order chi connectivity index (χ0) is 17.3. The first-order chi connectivity index (χ1) is 11.5. The molecule has 3 rings (SSSR count). The Morgan fingerprint density at radius 2 is 2.12 bits per heavy atom. The van der Waals surface area contributed by atoms with Crippen LogP contribution in [-0.4, -0.2) is 40.6 Å². The van der Waals surface area contributed by atoms with Crippen molar-refractivity contribution in [2.45, 2.75) is 13.5 Å². The van der Waals surface area contributed by atoms with Gasteiger partial charge in [-0.05, 0) is 18.6 Å². The third-order valence-corrected chi connectivity index (χ3v) is 4.37. The largest absolute Gasteiger partial charge is 0.358 e. The van der Waals surface area contributed by atoms with Crippen LogP contribution in [0.1, 0.15) is 11.1 Å². The molecule has 1 saturated heterocycles. The number of hydrogen-bond acceptors (Lipinski definition) is 4. The van der Waals surface area contributed by atoms with E-state index in [1.807, 2.05) is 13.0 Å². The van der Waals surface area contributed by atoms with Gasteiger partial charge < -0.3 is 9.80 Å². The van der Waals surface area contributed by atoms with Crippen molar-refractivity contribution in [3.63, 3.8) is 0 Å². The number of amides is 1. The number of carbonyl (C=O) groups excluding carboxylic acids is 1. The standard InChI is InChI=1S/C16H16ClFN4O2/c1-10-2-3-11(12(18)6-10)8-22-5-4-21(9-14(22)23)13-7-19-20-16(24)15(13)17/h2-3,6-7H,4-5,8-9H2,1H3,(H,20,24). The second kappa shape index (κ2) is 6.60. The maximum atomic E-state index is 14.0. The van der Waals surface area contributed by atoms with Crippen LogP contribution >= 0.6 is 11.6 Å². The van der Waals surface area contributed by atoms with Crippen molar-refractivity contribution in [3.05, 3.63) is 56.7 Å². The summed E-state index contributed by atoms with van der Waals surface area (Å²) in [6.45, 7) is 3.01. The first kappa shape index (κ1) is 16.4. The molecule has 1 aromatic carbocycles. The van der Waals surface area contributed by atoms with Crippen LogP contribution in [0.5, 0.6) is 0 Å². The summed E-state index contributed by atoms with van der Waals surface area (Å²) < 4.78 is 14.0. The van der Waals surface area contributed by atoms with Gasteiger partial charge in [0, 0.05) is 25.2 Å². The summed E-state index contributed by atoms with van der Waals surface area (Å²) in [5.41, 5.74) is 1.25. The van der Waals surface area contributed by atoms with Crippen molar-refractivity contribution in [1.82, 2.24) is 15.1 Å². The maximum Gasteiger partial charge on any atom is 0.285 e. The first-order valence-electron chi connectivity index (χ1n) is 7.46. The Bertz CT molecular complexity index is 839. The van der Waals surface area contributed by atoms with Crippen LogP contribution in [0, 0.1) is 12.7 Å². The van der Waals surface area contributed by atoms with E-state index in [4.69, 9.17) is 11.6 Å². The molecule has 2 heterocycles. The number of nitrogens with zero attached hydrogens (tertiary/aromatic N) is 3. The zero-order valence-corrected chi connectivity index (χ0v) is 13.8. The Morgan fingerprint density at radius 1 is 1.33 bits per heavy atom. The SMILES string of the molecule is Cc1ccc(CN2CCN(c3cn[nH]c(=O)c3Cl)CC2=O)c(F)c1. The van der Waals surface area contributed by atoms with Gasteiger partial charge in [-0.3, -0.25) is 9.59 Å².